The molecule has 0 N–H and O–H groups in total. The maximum absolute atomic E-state index is 11.9. The number of carbonyl (C=O) groups excluding carboxylic acids is 1. The molecule has 0 aromatic carbocycles. The van der Waals surface area contributed by atoms with Crippen molar-refractivity contribution in [3.63, 3.8) is 0 Å². The van der Waals surface area contributed by atoms with Crippen LogP contribution in [0.3, 0.4) is 0 Å². The monoisotopic (exact) mass is 416 g/mol. The van der Waals surface area contributed by atoms with E-state index < -0.39 is 10.0 Å². The zero-order valence-corrected chi connectivity index (χ0v) is 18.2. The second-order valence-corrected chi connectivity index (χ2v) is 10.8. The predicted octanol–water partition coefficient (Wildman–Crippen LogP) is 2.57. The van der Waals surface area contributed by atoms with Crippen LogP contribution in [0.1, 0.15) is 45.4 Å². The largest absolute Gasteiger partial charge is 0.453 e. The number of sulfonamides is 1. The third-order valence-electron chi connectivity index (χ3n) is 6.87. The molecule has 2 saturated heterocycles. The van der Waals surface area contributed by atoms with E-state index in [4.69, 9.17) is 9.47 Å². The van der Waals surface area contributed by atoms with Crippen LogP contribution in [0.2, 0.25) is 0 Å². The van der Waals surface area contributed by atoms with Gasteiger partial charge in [0.2, 0.25) is 10.0 Å². The standard InChI is InChI=1S/C20H36N2O5S/c1-3-28(24,25)22-11-4-16(5-12-22)15-27-13-8-18-14-19(18)17-6-9-21(10-7-17)20(23)26-2/h16-19H,3-15H2,1-2H3/t18-,19-/m1/s1. The summed E-state index contributed by atoms with van der Waals surface area (Å²) in [6, 6.07) is 0. The first kappa shape index (κ1) is 21.8. The summed E-state index contributed by atoms with van der Waals surface area (Å²) in [5, 5.41) is 0. The van der Waals surface area contributed by atoms with Crippen LogP contribution in [0.5, 0.6) is 0 Å². The lowest BCUT2D eigenvalue weighted by Crippen LogP contribution is -2.40. The molecule has 28 heavy (non-hydrogen) atoms. The lowest BCUT2D eigenvalue weighted by atomic mass is 9.91. The van der Waals surface area contributed by atoms with Crippen LogP contribution < -0.4 is 0 Å². The summed E-state index contributed by atoms with van der Waals surface area (Å²) in [6.45, 7) is 6.20. The number of hydrogen-bond acceptors (Lipinski definition) is 5. The second-order valence-electron chi connectivity index (χ2n) is 8.56. The molecule has 0 aromatic heterocycles. The topological polar surface area (TPSA) is 76.2 Å². The van der Waals surface area contributed by atoms with Gasteiger partial charge in [-0.05, 0) is 69.1 Å². The Balaban J connectivity index is 1.24. The van der Waals surface area contributed by atoms with Crippen LogP contribution in [0.15, 0.2) is 0 Å². The molecule has 0 radical (unpaired) electrons. The molecule has 3 fully saturated rings. The van der Waals surface area contributed by atoms with Gasteiger partial charge in [-0.1, -0.05) is 0 Å². The Kier molecular flexibility index (Phi) is 7.61. The second kappa shape index (κ2) is 9.76. The minimum Gasteiger partial charge on any atom is -0.453 e. The van der Waals surface area contributed by atoms with Crippen molar-refractivity contribution in [2.45, 2.75) is 45.4 Å². The molecule has 0 spiro atoms. The molecule has 3 aliphatic rings. The van der Waals surface area contributed by atoms with Crippen molar-refractivity contribution in [2.75, 3.05) is 52.3 Å². The molecule has 2 heterocycles. The number of nitrogens with zero attached hydrogens (tertiary/aromatic N) is 2. The van der Waals surface area contributed by atoms with E-state index in [9.17, 15) is 13.2 Å². The third-order valence-corrected chi connectivity index (χ3v) is 8.75. The molecule has 2 aliphatic heterocycles. The Bertz CT molecular complexity index is 610. The number of ether oxygens (including phenoxy) is 2. The molecular formula is C20H36N2O5S. The fourth-order valence-electron chi connectivity index (χ4n) is 4.84. The van der Waals surface area contributed by atoms with Gasteiger partial charge in [0.15, 0.2) is 0 Å². The lowest BCUT2D eigenvalue weighted by Gasteiger charge is -2.31. The average Bonchev–Trinajstić information content (AvgIpc) is 3.50. The van der Waals surface area contributed by atoms with Crippen molar-refractivity contribution in [3.8, 4) is 0 Å². The van der Waals surface area contributed by atoms with Gasteiger partial charge in [0.1, 0.15) is 0 Å². The Morgan fingerprint density at radius 1 is 1.07 bits per heavy atom. The molecule has 162 valence electrons. The number of carbonyl (C=O) groups is 1. The van der Waals surface area contributed by atoms with Crippen LogP contribution in [-0.4, -0.2) is 76.0 Å². The normalized spacial score (nSPS) is 27.7. The van der Waals surface area contributed by atoms with Gasteiger partial charge in [0.25, 0.3) is 0 Å². The van der Waals surface area contributed by atoms with E-state index in [2.05, 4.69) is 0 Å². The zero-order valence-electron chi connectivity index (χ0n) is 17.3. The van der Waals surface area contributed by atoms with Crippen LogP contribution in [0.4, 0.5) is 4.79 Å². The summed E-state index contributed by atoms with van der Waals surface area (Å²) in [6.07, 6.45) is 6.24. The lowest BCUT2D eigenvalue weighted by molar-refractivity contribution is 0.0736. The van der Waals surface area contributed by atoms with Gasteiger partial charge in [0, 0.05) is 39.4 Å². The van der Waals surface area contributed by atoms with E-state index in [1.807, 2.05) is 4.90 Å². The average molecular weight is 417 g/mol. The van der Waals surface area contributed by atoms with Crippen LogP contribution in [0.25, 0.3) is 0 Å². The van der Waals surface area contributed by atoms with E-state index >= 15 is 0 Å². The highest BCUT2D eigenvalue weighted by molar-refractivity contribution is 7.89. The Labute approximate surface area is 169 Å². The third kappa shape index (κ3) is 5.60. The van der Waals surface area contributed by atoms with Crippen LogP contribution in [0, 0.1) is 23.7 Å². The van der Waals surface area contributed by atoms with E-state index in [1.54, 1.807) is 11.2 Å². The van der Waals surface area contributed by atoms with Crippen molar-refractivity contribution in [1.29, 1.82) is 0 Å². The quantitative estimate of drug-likeness (QED) is 0.569. The SMILES string of the molecule is CCS(=O)(=O)N1CCC(COCC[C@@H]2C[C@@H]2C2CCN(C(=O)OC)CC2)CC1. The van der Waals surface area contributed by atoms with Gasteiger partial charge in [-0.25, -0.2) is 17.5 Å². The molecule has 2 atom stereocenters. The van der Waals surface area contributed by atoms with E-state index in [0.29, 0.717) is 19.0 Å². The van der Waals surface area contributed by atoms with Crippen LogP contribution >= 0.6 is 0 Å². The van der Waals surface area contributed by atoms with E-state index in [-0.39, 0.29) is 11.8 Å². The molecule has 1 aliphatic carbocycles. The zero-order chi connectivity index (χ0) is 20.1. The summed E-state index contributed by atoms with van der Waals surface area (Å²) in [5.74, 6) is 3.02. The van der Waals surface area contributed by atoms with E-state index in [1.165, 1.54) is 13.5 Å². The summed E-state index contributed by atoms with van der Waals surface area (Å²) in [5.41, 5.74) is 0. The number of rotatable bonds is 8. The van der Waals surface area contributed by atoms with Gasteiger partial charge in [-0.2, -0.15) is 0 Å². The van der Waals surface area contributed by atoms with Crippen LogP contribution in [-0.2, 0) is 19.5 Å². The molecule has 8 heteroatoms. The highest BCUT2D eigenvalue weighted by atomic mass is 32.2. The first-order chi connectivity index (χ1) is 13.4. The minimum absolute atomic E-state index is 0.193. The first-order valence-electron chi connectivity index (χ1n) is 10.8. The fourth-order valence-corrected chi connectivity index (χ4v) is 5.97. The van der Waals surface area contributed by atoms with Gasteiger partial charge in [-0.15, -0.1) is 0 Å². The molecule has 1 amide bonds. The maximum Gasteiger partial charge on any atom is 0.409 e. The predicted molar refractivity (Wildman–Crippen MR) is 107 cm³/mol. The number of hydrogen-bond donors (Lipinski definition) is 0. The number of methoxy groups -OCH3 is 1. The molecule has 1 saturated carbocycles. The summed E-state index contributed by atoms with van der Waals surface area (Å²) in [4.78, 5) is 13.4. The van der Waals surface area contributed by atoms with Gasteiger partial charge in [0.05, 0.1) is 12.9 Å². The van der Waals surface area contributed by atoms with Crippen molar-refractivity contribution in [2.24, 2.45) is 23.7 Å². The number of likely N-dealkylation sites (tertiary alicyclic amines) is 1. The number of piperidine rings is 2. The smallest absolute Gasteiger partial charge is 0.409 e. The Hall–Kier alpha value is -0.860. The van der Waals surface area contributed by atoms with Gasteiger partial charge in [-0.3, -0.25) is 0 Å². The van der Waals surface area contributed by atoms with Gasteiger partial charge >= 0.3 is 6.09 Å². The molecule has 0 bridgehead atoms. The molecule has 3 rings (SSSR count). The maximum atomic E-state index is 11.9. The van der Waals surface area contributed by atoms with Gasteiger partial charge < -0.3 is 14.4 Å². The molecular weight excluding hydrogens is 380 g/mol. The summed E-state index contributed by atoms with van der Waals surface area (Å²) in [7, 11) is -1.59. The highest BCUT2D eigenvalue weighted by Gasteiger charge is 2.43. The highest BCUT2D eigenvalue weighted by Crippen LogP contribution is 2.49. The van der Waals surface area contributed by atoms with Crippen molar-refractivity contribution >= 4 is 16.1 Å². The van der Waals surface area contributed by atoms with Crippen molar-refractivity contribution in [3.05, 3.63) is 0 Å². The van der Waals surface area contributed by atoms with Crippen molar-refractivity contribution < 1.29 is 22.7 Å². The Morgan fingerprint density at radius 3 is 2.36 bits per heavy atom. The molecule has 0 aromatic rings. The Morgan fingerprint density at radius 2 is 1.75 bits per heavy atom. The number of amides is 1. The molecule has 7 nitrogen and oxygen atoms in total. The fraction of sp³-hybridized carbons (Fsp3) is 0.950. The summed E-state index contributed by atoms with van der Waals surface area (Å²) >= 11 is 0. The minimum atomic E-state index is -3.04. The summed E-state index contributed by atoms with van der Waals surface area (Å²) < 4.78 is 36.2. The van der Waals surface area contributed by atoms with E-state index in [0.717, 1.165) is 76.2 Å². The first-order valence-corrected chi connectivity index (χ1v) is 12.4. The van der Waals surface area contributed by atoms with Crippen molar-refractivity contribution in [1.82, 2.24) is 9.21 Å². The molecule has 0 unspecified atom stereocenters.